The first-order valence-electron chi connectivity index (χ1n) is 11.4. The molecular weight excluding hydrogens is 467 g/mol. The Morgan fingerprint density at radius 3 is 2.46 bits per heavy atom. The maximum atomic E-state index is 13.3. The first kappa shape index (κ1) is 23.2. The van der Waals surface area contributed by atoms with Gasteiger partial charge in [0.25, 0.3) is 5.91 Å². The third-order valence-electron chi connectivity index (χ3n) is 6.36. The second-order valence-electron chi connectivity index (χ2n) is 8.98. The Morgan fingerprint density at radius 2 is 1.80 bits per heavy atom. The molecule has 3 heterocycles. The summed E-state index contributed by atoms with van der Waals surface area (Å²) >= 11 is 0. The molecule has 7 nitrogen and oxygen atoms in total. The Kier molecular flexibility index (Phi) is 5.88. The second kappa shape index (κ2) is 8.88. The van der Waals surface area contributed by atoms with Gasteiger partial charge in [-0.1, -0.05) is 42.0 Å². The highest BCUT2D eigenvalue weighted by atomic mass is 32.2. The normalized spacial score (nSPS) is 17.1. The maximum absolute atomic E-state index is 13.3. The van der Waals surface area contributed by atoms with Crippen LogP contribution in [0.4, 0.5) is 4.39 Å². The van der Waals surface area contributed by atoms with Crippen molar-refractivity contribution in [3.8, 4) is 11.3 Å². The van der Waals surface area contributed by atoms with Gasteiger partial charge in [0.2, 0.25) is 0 Å². The molecule has 1 fully saturated rings. The van der Waals surface area contributed by atoms with E-state index in [1.807, 2.05) is 48.7 Å². The highest BCUT2D eigenvalue weighted by molar-refractivity contribution is 7.91. The quantitative estimate of drug-likeness (QED) is 0.452. The van der Waals surface area contributed by atoms with Crippen LogP contribution in [0.1, 0.15) is 39.9 Å². The van der Waals surface area contributed by atoms with E-state index in [-0.39, 0.29) is 35.6 Å². The SMILES string of the molecule is Cc1ccc(-c2cc3c(nc(C)n3C3CCS(=O)(=O)C3)c(C(=O)NCc3ccc(F)cc3)n2)cc1. The van der Waals surface area contributed by atoms with E-state index in [2.05, 4.69) is 15.3 Å². The zero-order valence-electron chi connectivity index (χ0n) is 19.5. The van der Waals surface area contributed by atoms with E-state index >= 15 is 0 Å². The number of amides is 1. The Hall–Kier alpha value is -3.59. The smallest absolute Gasteiger partial charge is 0.272 e. The van der Waals surface area contributed by atoms with Gasteiger partial charge in [0.15, 0.2) is 15.5 Å². The van der Waals surface area contributed by atoms with E-state index in [1.54, 1.807) is 12.1 Å². The van der Waals surface area contributed by atoms with Crippen molar-refractivity contribution in [2.45, 2.75) is 32.9 Å². The number of benzene rings is 2. The number of nitrogens with one attached hydrogen (secondary N) is 1. The van der Waals surface area contributed by atoms with Gasteiger partial charge in [0.05, 0.1) is 28.8 Å². The number of aromatic nitrogens is 3. The number of fused-ring (bicyclic) bond motifs is 1. The molecule has 1 N–H and O–H groups in total. The highest BCUT2D eigenvalue weighted by Gasteiger charge is 2.32. The number of pyridine rings is 1. The number of carbonyl (C=O) groups is 1. The summed E-state index contributed by atoms with van der Waals surface area (Å²) < 4.78 is 39.5. The summed E-state index contributed by atoms with van der Waals surface area (Å²) in [4.78, 5) is 22.6. The molecular formula is C26H25FN4O3S. The molecule has 35 heavy (non-hydrogen) atoms. The molecule has 1 aliphatic rings. The number of sulfone groups is 1. The van der Waals surface area contributed by atoms with Crippen molar-refractivity contribution in [1.82, 2.24) is 19.9 Å². The van der Waals surface area contributed by atoms with Gasteiger partial charge in [-0.2, -0.15) is 0 Å². The third kappa shape index (κ3) is 4.68. The van der Waals surface area contributed by atoms with Gasteiger partial charge in [-0.25, -0.2) is 22.8 Å². The van der Waals surface area contributed by atoms with Gasteiger partial charge in [-0.3, -0.25) is 4.79 Å². The van der Waals surface area contributed by atoms with Crippen molar-refractivity contribution in [1.29, 1.82) is 0 Å². The van der Waals surface area contributed by atoms with E-state index in [0.717, 1.165) is 16.7 Å². The summed E-state index contributed by atoms with van der Waals surface area (Å²) in [7, 11) is -3.11. The number of carbonyl (C=O) groups excluding carboxylic acids is 1. The summed E-state index contributed by atoms with van der Waals surface area (Å²) in [5, 5.41) is 2.86. The number of hydrogen-bond acceptors (Lipinski definition) is 5. The number of rotatable bonds is 5. The van der Waals surface area contributed by atoms with Crippen LogP contribution in [0.25, 0.3) is 22.3 Å². The molecule has 2 aromatic carbocycles. The minimum absolute atomic E-state index is 0.0492. The second-order valence-corrected chi connectivity index (χ2v) is 11.2. The van der Waals surface area contributed by atoms with Crippen LogP contribution in [0.15, 0.2) is 54.6 Å². The fourth-order valence-electron chi connectivity index (χ4n) is 4.55. The van der Waals surface area contributed by atoms with Gasteiger partial charge in [0, 0.05) is 12.1 Å². The molecule has 1 amide bonds. The molecule has 1 atom stereocenters. The minimum atomic E-state index is -3.11. The average Bonchev–Trinajstić information content (AvgIpc) is 3.35. The van der Waals surface area contributed by atoms with Crippen molar-refractivity contribution in [2.75, 3.05) is 11.5 Å². The molecule has 1 saturated heterocycles. The Morgan fingerprint density at radius 1 is 1.09 bits per heavy atom. The van der Waals surface area contributed by atoms with Crippen LogP contribution in [0.3, 0.4) is 0 Å². The van der Waals surface area contributed by atoms with Crippen LogP contribution in [0, 0.1) is 19.7 Å². The fourth-order valence-corrected chi connectivity index (χ4v) is 6.25. The topological polar surface area (TPSA) is 94.0 Å². The molecule has 1 unspecified atom stereocenters. The van der Waals surface area contributed by atoms with E-state index in [9.17, 15) is 17.6 Å². The first-order chi connectivity index (χ1) is 16.7. The third-order valence-corrected chi connectivity index (χ3v) is 8.11. The van der Waals surface area contributed by atoms with Crippen molar-refractivity contribution in [3.63, 3.8) is 0 Å². The lowest BCUT2D eigenvalue weighted by Crippen LogP contribution is -2.24. The van der Waals surface area contributed by atoms with Crippen molar-refractivity contribution in [3.05, 3.63) is 83.1 Å². The summed E-state index contributed by atoms with van der Waals surface area (Å²) in [6, 6.07) is 15.4. The standard InChI is InChI=1S/C26H25FN4O3S/c1-16-3-7-19(8-4-16)22-13-23-24(29-17(2)31(23)21-11-12-35(33,34)15-21)25(30-22)26(32)28-14-18-5-9-20(27)10-6-18/h3-10,13,21H,11-12,14-15H2,1-2H3,(H,28,32). The first-order valence-corrected chi connectivity index (χ1v) is 13.2. The average molecular weight is 493 g/mol. The molecule has 0 bridgehead atoms. The van der Waals surface area contributed by atoms with Gasteiger partial charge in [-0.05, 0) is 44.0 Å². The summed E-state index contributed by atoms with van der Waals surface area (Å²) in [5.74, 6) is 0.0735. The van der Waals surface area contributed by atoms with Crippen molar-refractivity contribution in [2.24, 2.45) is 0 Å². The molecule has 0 spiro atoms. The Labute approximate surface area is 203 Å². The Bertz CT molecular complexity index is 1530. The van der Waals surface area contributed by atoms with E-state index < -0.39 is 15.7 Å². The summed E-state index contributed by atoms with van der Waals surface area (Å²) in [6.45, 7) is 4.02. The van der Waals surface area contributed by atoms with E-state index in [4.69, 9.17) is 0 Å². The van der Waals surface area contributed by atoms with Crippen LogP contribution in [-0.2, 0) is 16.4 Å². The highest BCUT2D eigenvalue weighted by Crippen LogP contribution is 2.32. The fraction of sp³-hybridized carbons (Fsp3) is 0.269. The molecule has 9 heteroatoms. The zero-order valence-corrected chi connectivity index (χ0v) is 20.3. The van der Waals surface area contributed by atoms with Crippen LogP contribution < -0.4 is 5.32 Å². The molecule has 0 saturated carbocycles. The number of imidazole rings is 1. The molecule has 180 valence electrons. The predicted octanol–water partition coefficient (Wildman–Crippen LogP) is 4.14. The lowest BCUT2D eigenvalue weighted by Gasteiger charge is -2.15. The lowest BCUT2D eigenvalue weighted by atomic mass is 10.1. The van der Waals surface area contributed by atoms with Crippen LogP contribution in [-0.4, -0.2) is 40.4 Å². The van der Waals surface area contributed by atoms with Gasteiger partial charge in [0.1, 0.15) is 17.2 Å². The largest absolute Gasteiger partial charge is 0.347 e. The lowest BCUT2D eigenvalue weighted by molar-refractivity contribution is 0.0947. The molecule has 0 radical (unpaired) electrons. The van der Waals surface area contributed by atoms with Crippen LogP contribution >= 0.6 is 0 Å². The van der Waals surface area contributed by atoms with Gasteiger partial charge < -0.3 is 9.88 Å². The van der Waals surface area contributed by atoms with E-state index in [0.29, 0.717) is 29.0 Å². The van der Waals surface area contributed by atoms with E-state index in [1.165, 1.54) is 12.1 Å². The number of halogens is 1. The zero-order chi connectivity index (χ0) is 24.7. The summed E-state index contributed by atoms with van der Waals surface area (Å²) in [6.07, 6.45) is 0.503. The number of nitrogens with zero attached hydrogens (tertiary/aromatic N) is 3. The minimum Gasteiger partial charge on any atom is -0.347 e. The molecule has 5 rings (SSSR count). The molecule has 0 aliphatic carbocycles. The predicted molar refractivity (Wildman–Crippen MR) is 132 cm³/mol. The molecule has 1 aliphatic heterocycles. The number of hydrogen-bond donors (Lipinski definition) is 1. The van der Waals surface area contributed by atoms with Crippen molar-refractivity contribution < 1.29 is 17.6 Å². The molecule has 2 aromatic heterocycles. The molecule has 4 aromatic rings. The van der Waals surface area contributed by atoms with Crippen LogP contribution in [0.5, 0.6) is 0 Å². The Balaban J connectivity index is 1.59. The van der Waals surface area contributed by atoms with Crippen LogP contribution in [0.2, 0.25) is 0 Å². The summed E-state index contributed by atoms with van der Waals surface area (Å²) in [5.41, 5.74) is 4.58. The monoisotopic (exact) mass is 492 g/mol. The van der Waals surface area contributed by atoms with Gasteiger partial charge >= 0.3 is 0 Å². The van der Waals surface area contributed by atoms with Gasteiger partial charge in [-0.15, -0.1) is 0 Å². The maximum Gasteiger partial charge on any atom is 0.272 e. The van der Waals surface area contributed by atoms with Crippen molar-refractivity contribution >= 4 is 26.8 Å². The number of aryl methyl sites for hydroxylation is 2.